The highest BCUT2D eigenvalue weighted by molar-refractivity contribution is 8.15. The van der Waals surface area contributed by atoms with Crippen molar-refractivity contribution in [2.24, 2.45) is 10.2 Å². The third-order valence-electron chi connectivity index (χ3n) is 3.57. The molecule has 0 bridgehead atoms. The van der Waals surface area contributed by atoms with Gasteiger partial charge in [-0.05, 0) is 23.8 Å². The van der Waals surface area contributed by atoms with Gasteiger partial charge in [-0.15, -0.1) is 5.10 Å². The number of aliphatic carboxylic acids is 1. The summed E-state index contributed by atoms with van der Waals surface area (Å²) in [5.41, 5.74) is 0.727. The van der Waals surface area contributed by atoms with Crippen LogP contribution in [0, 0.1) is 0 Å². The molecule has 0 aromatic heterocycles. The molecule has 1 saturated heterocycles. The molecule has 1 aromatic carbocycles. The van der Waals surface area contributed by atoms with Gasteiger partial charge in [-0.3, -0.25) is 14.4 Å². The van der Waals surface area contributed by atoms with Crippen molar-refractivity contribution in [1.82, 2.24) is 10.6 Å². The number of carboxylic acid groups (broad SMARTS) is 1. The van der Waals surface area contributed by atoms with Gasteiger partial charge in [0.25, 0.3) is 0 Å². The van der Waals surface area contributed by atoms with Crippen molar-refractivity contribution in [3.05, 3.63) is 23.8 Å². The fraction of sp³-hybridized carbons (Fsp3) is 0.353. The van der Waals surface area contributed by atoms with Crippen molar-refractivity contribution >= 4 is 40.9 Å². The van der Waals surface area contributed by atoms with E-state index in [1.165, 1.54) is 13.3 Å². The standard InChI is InChI=1S/C17H20N4O6S/c1-26-11-4-3-10(7-12(11)27-2)9-19-21-17-20-16(25)13(28-17)8-14(22)18-6-5-15(23)24/h3-4,7,9,13H,5-6,8H2,1-2H3,(H,18,22)(H,23,24)(H,20,21,25)/b19-9+. The molecule has 1 aliphatic rings. The molecule has 1 fully saturated rings. The van der Waals surface area contributed by atoms with E-state index >= 15 is 0 Å². The van der Waals surface area contributed by atoms with Crippen molar-refractivity contribution < 1.29 is 29.0 Å². The van der Waals surface area contributed by atoms with Crippen LogP contribution < -0.4 is 20.1 Å². The largest absolute Gasteiger partial charge is 0.493 e. The van der Waals surface area contributed by atoms with Crippen LogP contribution >= 0.6 is 11.8 Å². The molecule has 0 saturated carbocycles. The number of rotatable bonds is 9. The number of carbonyl (C=O) groups excluding carboxylic acids is 2. The van der Waals surface area contributed by atoms with Gasteiger partial charge in [0.1, 0.15) is 5.25 Å². The van der Waals surface area contributed by atoms with Gasteiger partial charge in [0.2, 0.25) is 11.8 Å². The minimum absolute atomic E-state index is 0.0176. The summed E-state index contributed by atoms with van der Waals surface area (Å²) in [6, 6.07) is 5.24. The highest BCUT2D eigenvalue weighted by Crippen LogP contribution is 2.27. The maximum absolute atomic E-state index is 11.9. The molecule has 1 heterocycles. The number of amidine groups is 1. The molecule has 2 rings (SSSR count). The lowest BCUT2D eigenvalue weighted by atomic mass is 10.2. The molecule has 150 valence electrons. The second-order valence-corrected chi connectivity index (χ2v) is 6.75. The molecule has 0 radical (unpaired) electrons. The van der Waals surface area contributed by atoms with Crippen LogP contribution in [0.4, 0.5) is 0 Å². The van der Waals surface area contributed by atoms with Crippen LogP contribution in [0.25, 0.3) is 0 Å². The summed E-state index contributed by atoms with van der Waals surface area (Å²) in [5, 5.41) is 21.1. The van der Waals surface area contributed by atoms with Gasteiger partial charge in [-0.2, -0.15) is 5.10 Å². The first kappa shape index (κ1) is 21.2. The van der Waals surface area contributed by atoms with E-state index in [1.807, 2.05) is 0 Å². The highest BCUT2D eigenvalue weighted by atomic mass is 32.2. The predicted octanol–water partition coefficient (Wildman–Crippen LogP) is 0.606. The summed E-state index contributed by atoms with van der Waals surface area (Å²) in [6.07, 6.45) is 1.25. The normalized spacial score (nSPS) is 17.6. The SMILES string of the molecule is COc1ccc(/C=N/N=C2\NC(=O)C(CC(=O)NCCC(=O)O)S2)cc1OC. The van der Waals surface area contributed by atoms with Crippen molar-refractivity contribution in [3.8, 4) is 11.5 Å². The van der Waals surface area contributed by atoms with Crippen LogP contribution in [0.2, 0.25) is 0 Å². The Kier molecular flexibility index (Phi) is 7.81. The fourth-order valence-corrected chi connectivity index (χ4v) is 3.14. The number of hydrogen-bond donors (Lipinski definition) is 3. The highest BCUT2D eigenvalue weighted by Gasteiger charge is 2.32. The molecule has 28 heavy (non-hydrogen) atoms. The molecule has 1 aliphatic heterocycles. The molecule has 0 aliphatic carbocycles. The molecule has 2 amide bonds. The summed E-state index contributed by atoms with van der Waals surface area (Å²) in [4.78, 5) is 34.1. The fourth-order valence-electron chi connectivity index (χ4n) is 2.22. The van der Waals surface area contributed by atoms with Crippen molar-refractivity contribution in [1.29, 1.82) is 0 Å². The maximum atomic E-state index is 11.9. The molecule has 1 atom stereocenters. The Hall–Kier alpha value is -3.08. The van der Waals surface area contributed by atoms with Gasteiger partial charge < -0.3 is 25.2 Å². The Balaban J connectivity index is 1.90. The molecular formula is C17H20N4O6S. The quantitative estimate of drug-likeness (QED) is 0.402. The van der Waals surface area contributed by atoms with E-state index in [1.54, 1.807) is 25.3 Å². The smallest absolute Gasteiger partial charge is 0.305 e. The molecular weight excluding hydrogens is 388 g/mol. The Bertz CT molecular complexity index is 811. The summed E-state index contributed by atoms with van der Waals surface area (Å²) in [6.45, 7) is 0.0176. The van der Waals surface area contributed by atoms with Gasteiger partial charge in [-0.25, -0.2) is 0 Å². The zero-order chi connectivity index (χ0) is 20.5. The average molecular weight is 408 g/mol. The minimum atomic E-state index is -1.00. The minimum Gasteiger partial charge on any atom is -0.493 e. The second-order valence-electron chi connectivity index (χ2n) is 5.56. The second kappa shape index (κ2) is 10.3. The lowest BCUT2D eigenvalue weighted by molar-refractivity contribution is -0.137. The zero-order valence-corrected chi connectivity index (χ0v) is 16.1. The Labute approximate surface area is 165 Å². The van der Waals surface area contributed by atoms with Gasteiger partial charge in [0.15, 0.2) is 16.7 Å². The van der Waals surface area contributed by atoms with Crippen molar-refractivity contribution in [2.75, 3.05) is 20.8 Å². The molecule has 11 heteroatoms. The summed E-state index contributed by atoms with van der Waals surface area (Å²) >= 11 is 1.09. The van der Waals surface area contributed by atoms with Gasteiger partial charge in [0, 0.05) is 13.0 Å². The summed E-state index contributed by atoms with van der Waals surface area (Å²) in [7, 11) is 3.07. The van der Waals surface area contributed by atoms with E-state index in [-0.39, 0.29) is 30.5 Å². The predicted molar refractivity (Wildman–Crippen MR) is 104 cm³/mol. The number of benzene rings is 1. The van der Waals surface area contributed by atoms with Gasteiger partial charge >= 0.3 is 5.97 Å². The van der Waals surface area contributed by atoms with E-state index in [0.29, 0.717) is 11.5 Å². The van der Waals surface area contributed by atoms with E-state index in [9.17, 15) is 14.4 Å². The number of carboxylic acids is 1. The number of nitrogens with zero attached hydrogens (tertiary/aromatic N) is 2. The molecule has 0 spiro atoms. The first-order valence-electron chi connectivity index (χ1n) is 8.22. The lowest BCUT2D eigenvalue weighted by Crippen LogP contribution is -2.32. The van der Waals surface area contributed by atoms with E-state index < -0.39 is 17.1 Å². The van der Waals surface area contributed by atoms with Crippen LogP contribution in [0.15, 0.2) is 28.4 Å². The number of nitrogens with one attached hydrogen (secondary N) is 2. The number of methoxy groups -OCH3 is 2. The molecule has 1 aromatic rings. The number of hydrogen-bond acceptors (Lipinski definition) is 8. The van der Waals surface area contributed by atoms with E-state index in [4.69, 9.17) is 14.6 Å². The van der Waals surface area contributed by atoms with Crippen molar-refractivity contribution in [3.63, 3.8) is 0 Å². The molecule has 1 unspecified atom stereocenters. The summed E-state index contributed by atoms with van der Waals surface area (Å²) in [5.74, 6) is -0.608. The van der Waals surface area contributed by atoms with Crippen LogP contribution in [0.1, 0.15) is 18.4 Å². The monoisotopic (exact) mass is 408 g/mol. The van der Waals surface area contributed by atoms with Crippen LogP contribution in [-0.4, -0.2) is 60.3 Å². The van der Waals surface area contributed by atoms with E-state index in [2.05, 4.69) is 20.8 Å². The van der Waals surface area contributed by atoms with Gasteiger partial charge in [-0.1, -0.05) is 11.8 Å². The first-order valence-corrected chi connectivity index (χ1v) is 9.10. The van der Waals surface area contributed by atoms with Gasteiger partial charge in [0.05, 0.1) is 26.9 Å². The third-order valence-corrected chi connectivity index (χ3v) is 4.64. The zero-order valence-electron chi connectivity index (χ0n) is 15.3. The van der Waals surface area contributed by atoms with Crippen LogP contribution in [0.5, 0.6) is 11.5 Å². The maximum Gasteiger partial charge on any atom is 0.305 e. The van der Waals surface area contributed by atoms with E-state index in [0.717, 1.165) is 17.3 Å². The number of carbonyl (C=O) groups is 3. The number of ether oxygens (including phenoxy) is 2. The van der Waals surface area contributed by atoms with Crippen LogP contribution in [0.3, 0.4) is 0 Å². The Morgan fingerprint density at radius 3 is 2.75 bits per heavy atom. The topological polar surface area (TPSA) is 139 Å². The number of amides is 2. The third kappa shape index (κ3) is 6.27. The summed E-state index contributed by atoms with van der Waals surface area (Å²) < 4.78 is 10.4. The number of thioether (sulfide) groups is 1. The van der Waals surface area contributed by atoms with Crippen molar-refractivity contribution in [2.45, 2.75) is 18.1 Å². The lowest BCUT2D eigenvalue weighted by Gasteiger charge is -2.07. The first-order chi connectivity index (χ1) is 13.4. The molecule has 10 nitrogen and oxygen atoms in total. The average Bonchev–Trinajstić information content (AvgIpc) is 3.00. The Morgan fingerprint density at radius 1 is 1.32 bits per heavy atom. The van der Waals surface area contributed by atoms with Crippen LogP contribution in [-0.2, 0) is 14.4 Å². The Morgan fingerprint density at radius 2 is 2.07 bits per heavy atom. The molecule has 3 N–H and O–H groups in total.